The molecule has 3 heterocycles. The molecule has 0 aromatic heterocycles. The number of carbonyl (C=O) groups excluding carboxylic acids is 7. The van der Waals surface area contributed by atoms with E-state index in [-0.39, 0.29) is 57.6 Å². The van der Waals surface area contributed by atoms with Crippen molar-refractivity contribution in [3.8, 4) is 0 Å². The number of methoxy groups -OCH3 is 1. The molecule has 5 aliphatic rings. The van der Waals surface area contributed by atoms with E-state index in [1.807, 2.05) is 60.7 Å². The first-order valence-electron chi connectivity index (χ1n) is 27.7. The largest absolute Gasteiger partial charge is 0.467 e. The lowest BCUT2D eigenvalue weighted by Crippen LogP contribution is -2.58. The molecule has 0 bridgehead atoms. The molecule has 2 aromatic rings. The minimum absolute atomic E-state index is 0.0747. The van der Waals surface area contributed by atoms with Gasteiger partial charge in [-0.1, -0.05) is 78.9 Å². The van der Waals surface area contributed by atoms with E-state index in [2.05, 4.69) is 27.3 Å². The van der Waals surface area contributed by atoms with Gasteiger partial charge < -0.3 is 58.9 Å². The summed E-state index contributed by atoms with van der Waals surface area (Å²) in [7, 11) is -2.58. The number of alkyl carbamates (subject to hydrolysis) is 2. The number of hydrogen-bond acceptors (Lipinski definition) is 16. The third kappa shape index (κ3) is 19.6. The lowest BCUT2D eigenvalue weighted by atomic mass is 10.1. The molecule has 446 valence electrons. The van der Waals surface area contributed by atoms with Crippen molar-refractivity contribution in [2.75, 3.05) is 46.6 Å². The molecule has 81 heavy (non-hydrogen) atoms. The molecule has 23 heteroatoms. The molecule has 4 N–H and O–H groups in total. The van der Waals surface area contributed by atoms with E-state index in [1.165, 1.54) is 16.9 Å². The average molecular weight is 1150 g/mol. The van der Waals surface area contributed by atoms with Crippen molar-refractivity contribution in [1.29, 1.82) is 0 Å². The molecule has 8 atom stereocenters. The molecule has 2 aromatic carbocycles. The molecule has 3 aliphatic heterocycles. The Balaban J connectivity index is 0.000000272. The predicted molar refractivity (Wildman–Crippen MR) is 297 cm³/mol. The molecule has 0 radical (unpaired) electrons. The third-order valence-electron chi connectivity index (χ3n) is 13.8. The van der Waals surface area contributed by atoms with Crippen molar-refractivity contribution in [2.24, 2.45) is 5.92 Å². The Morgan fingerprint density at radius 1 is 0.864 bits per heavy atom. The lowest BCUT2D eigenvalue weighted by Gasteiger charge is -2.30. The Labute approximate surface area is 475 Å². The number of amides is 6. The second-order valence-electron chi connectivity index (χ2n) is 22.8. The van der Waals surface area contributed by atoms with Gasteiger partial charge in [0.1, 0.15) is 40.9 Å². The third-order valence-corrected chi connectivity index (χ3v) is 15.7. The molecule has 22 nitrogen and oxygen atoms in total. The van der Waals surface area contributed by atoms with Crippen LogP contribution < -0.4 is 20.7 Å². The quantitative estimate of drug-likeness (QED) is 0.0614. The molecule has 4 fully saturated rings. The molecular formula is C58H82N6O16S. The van der Waals surface area contributed by atoms with Crippen molar-refractivity contribution >= 4 is 51.8 Å². The Hall–Kier alpha value is -6.40. The Morgan fingerprint density at radius 2 is 1.48 bits per heavy atom. The van der Waals surface area contributed by atoms with E-state index in [9.17, 15) is 42.0 Å². The van der Waals surface area contributed by atoms with Crippen LogP contribution in [0.1, 0.15) is 110 Å². The summed E-state index contributed by atoms with van der Waals surface area (Å²) in [6, 6.07) is 15.4. The van der Waals surface area contributed by atoms with Gasteiger partial charge in [0.15, 0.2) is 0 Å². The summed E-state index contributed by atoms with van der Waals surface area (Å²) in [4.78, 5) is 95.7. The predicted octanol–water partition coefficient (Wildman–Crippen LogP) is 5.14. The number of carbonyl (C=O) groups is 7. The van der Waals surface area contributed by atoms with Gasteiger partial charge in [-0.05, 0) is 97.6 Å². The van der Waals surface area contributed by atoms with Crippen LogP contribution in [-0.2, 0) is 80.4 Å². The summed E-state index contributed by atoms with van der Waals surface area (Å²) in [6.07, 6.45) is 5.90. The van der Waals surface area contributed by atoms with Crippen molar-refractivity contribution in [3.05, 3.63) is 96.6 Å². The van der Waals surface area contributed by atoms with E-state index >= 15 is 0 Å². The minimum atomic E-state index is -3.87. The van der Waals surface area contributed by atoms with Crippen molar-refractivity contribution in [2.45, 2.75) is 171 Å². The van der Waals surface area contributed by atoms with E-state index < -0.39 is 104 Å². The van der Waals surface area contributed by atoms with Crippen LogP contribution in [0.5, 0.6) is 0 Å². The monoisotopic (exact) mass is 1150 g/mol. The summed E-state index contributed by atoms with van der Waals surface area (Å²) < 4.78 is 66.5. The summed E-state index contributed by atoms with van der Waals surface area (Å²) in [5.41, 5.74) is -1.09. The number of sulfonamides is 1. The normalized spacial score (nSPS) is 24.9. The summed E-state index contributed by atoms with van der Waals surface area (Å²) in [6.45, 7) is 16.2. The first-order chi connectivity index (χ1) is 38.4. The summed E-state index contributed by atoms with van der Waals surface area (Å²) >= 11 is 0. The molecular weight excluding hydrogens is 1070 g/mol. The molecule has 2 saturated heterocycles. The van der Waals surface area contributed by atoms with Gasteiger partial charge in [0, 0.05) is 45.1 Å². The Kier molecular flexibility index (Phi) is 22.9. The van der Waals surface area contributed by atoms with Gasteiger partial charge in [0.2, 0.25) is 27.7 Å². The highest BCUT2D eigenvalue weighted by atomic mass is 32.2. The van der Waals surface area contributed by atoms with E-state index in [0.717, 1.165) is 11.1 Å². The zero-order chi connectivity index (χ0) is 59.0. The zero-order valence-electron chi connectivity index (χ0n) is 47.7. The number of ether oxygens (including phenoxy) is 7. The lowest BCUT2D eigenvalue weighted by molar-refractivity contribution is -0.151. The number of rotatable bonds is 19. The molecule has 7 rings (SSSR count). The number of hydrogen-bond donors (Lipinski definition) is 4. The van der Waals surface area contributed by atoms with E-state index in [1.54, 1.807) is 59.8 Å². The van der Waals surface area contributed by atoms with Crippen LogP contribution in [0.15, 0.2) is 85.5 Å². The fourth-order valence-electron chi connectivity index (χ4n) is 9.61. The first-order valence-corrected chi connectivity index (χ1v) is 29.3. The van der Waals surface area contributed by atoms with Crippen molar-refractivity contribution in [1.82, 2.24) is 30.5 Å². The van der Waals surface area contributed by atoms with Gasteiger partial charge in [0.05, 0.1) is 51.0 Å². The second kappa shape index (κ2) is 29.0. The molecule has 2 saturated carbocycles. The van der Waals surface area contributed by atoms with Crippen molar-refractivity contribution < 1.29 is 75.1 Å². The van der Waals surface area contributed by atoms with Gasteiger partial charge >= 0.3 is 18.2 Å². The number of benzene rings is 2. The van der Waals surface area contributed by atoms with Gasteiger partial charge in [0.25, 0.3) is 5.91 Å². The maximum Gasteiger partial charge on any atom is 0.408 e. The van der Waals surface area contributed by atoms with Crippen LogP contribution in [0.3, 0.4) is 0 Å². The van der Waals surface area contributed by atoms with Crippen LogP contribution in [0, 0.1) is 5.92 Å². The highest BCUT2D eigenvalue weighted by Gasteiger charge is 2.62. The van der Waals surface area contributed by atoms with E-state index in [4.69, 9.17) is 33.2 Å². The van der Waals surface area contributed by atoms with E-state index in [0.29, 0.717) is 65.0 Å². The van der Waals surface area contributed by atoms with Crippen LogP contribution in [0.4, 0.5) is 9.59 Å². The number of nitrogens with zero attached hydrogens (tertiary/aromatic N) is 2. The van der Waals surface area contributed by atoms with Crippen LogP contribution >= 0.6 is 0 Å². The van der Waals surface area contributed by atoms with Gasteiger partial charge in [-0.3, -0.25) is 23.9 Å². The fraction of sp³-hybridized carbons (Fsp3) is 0.603. The highest BCUT2D eigenvalue weighted by molar-refractivity contribution is 7.91. The zero-order valence-corrected chi connectivity index (χ0v) is 48.5. The van der Waals surface area contributed by atoms with Crippen LogP contribution in [0.2, 0.25) is 0 Å². The molecule has 2 aliphatic carbocycles. The number of fused-ring (bicyclic) bond motifs is 2. The molecule has 0 unspecified atom stereocenters. The number of likely N-dealkylation sites (tertiary alicyclic amines) is 1. The Morgan fingerprint density at radius 3 is 2.07 bits per heavy atom. The Bertz CT molecular complexity index is 2620. The van der Waals surface area contributed by atoms with Crippen LogP contribution in [0.25, 0.3) is 0 Å². The molecule has 0 spiro atoms. The smallest absolute Gasteiger partial charge is 0.408 e. The van der Waals surface area contributed by atoms with Gasteiger partial charge in [-0.2, -0.15) is 0 Å². The van der Waals surface area contributed by atoms with Gasteiger partial charge in [-0.15, -0.1) is 6.58 Å². The fourth-order valence-corrected chi connectivity index (χ4v) is 11.0. The number of nitrogens with one attached hydrogen (secondary N) is 4. The topological polar surface area (TPSA) is 273 Å². The molecule has 6 amide bonds. The average Bonchev–Trinajstić information content (AvgIpc) is 4.27. The van der Waals surface area contributed by atoms with Crippen molar-refractivity contribution in [3.63, 3.8) is 0 Å². The minimum Gasteiger partial charge on any atom is -0.467 e. The number of esters is 1. The van der Waals surface area contributed by atoms with Crippen LogP contribution in [-0.4, -0.2) is 165 Å². The summed E-state index contributed by atoms with van der Waals surface area (Å²) in [5.74, 6) is -3.26. The maximum absolute atomic E-state index is 14.1. The SMILES string of the molecule is C=CCOCCC[C@H](NC(=O)OC(C)(C)C)C(=O)N1C[C@H](OCc2ccccc2)C[C@H]1C(=O)OC.CC(C)(C)OC(=O)N[C@H]1CCCOC/C=C\[C@@H]2C[C@@]2(C(=O)NS(=O)(=O)C2CC2)NC(=O)[C@@H]2C[C@@H](OCc3ccccc3)CN2C1=O. The second-order valence-corrected chi connectivity index (χ2v) is 24.8. The first kappa shape index (κ1) is 63.8. The summed E-state index contributed by atoms with van der Waals surface area (Å²) in [5, 5.41) is 7.55. The van der Waals surface area contributed by atoms with Gasteiger partial charge in [-0.25, -0.2) is 22.8 Å². The highest BCUT2D eigenvalue weighted by Crippen LogP contribution is 2.46. The maximum atomic E-state index is 14.1. The standard InChI is InChI=1S/C32H44N4O9S.C26H38N2O7/c1-31(2,3)45-30(40)33-25-12-8-16-43-15-7-11-22-18-32(22,29(39)35-46(41,42)24-13-14-24)34-27(37)26-17-23(19-36(26)28(25)38)44-20-21-9-5-4-6-10-21;1-6-14-33-15-10-13-21(27-25(31)35-26(2,3)4)23(29)28-17-20(16-22(28)24(30)32-5)34-18-19-11-8-7-9-12-19/h4-7,9-11,22-26H,8,12-20H2,1-3H3,(H,33,40)(H,34,37)(H,35,39);6-9,11-12,20-22H,1,10,13-18H2,2-5H3,(H,27,31)/b11-7-;/t22-,23-,25+,26+,32-;20-,21+,22+/m11/s1.